The minimum atomic E-state index is -0.321. The molecule has 0 atom stereocenters. The molecule has 0 fully saturated rings. The molecule has 150 valence electrons. The van der Waals surface area contributed by atoms with E-state index in [0.717, 1.165) is 15.9 Å². The summed E-state index contributed by atoms with van der Waals surface area (Å²) < 4.78 is 7.42. The summed E-state index contributed by atoms with van der Waals surface area (Å²) in [7, 11) is 1.59. The van der Waals surface area contributed by atoms with Gasteiger partial charge in [-0.3, -0.25) is 9.59 Å². The standard InChI is InChI=1S/C18H17BrN6O3S/c1-28-13-8-6-12(7-9-13)25-18(22-23-24-25)29-11-17(27)20-10-16(26)21-15-5-3-2-4-14(15)19/h2-9H,10-11H2,1H3,(H,20,27)(H,21,26). The zero-order valence-electron chi connectivity index (χ0n) is 15.3. The lowest BCUT2D eigenvalue weighted by molar-refractivity contribution is -0.122. The van der Waals surface area contributed by atoms with Crippen LogP contribution in [0.5, 0.6) is 5.75 Å². The summed E-state index contributed by atoms with van der Waals surface area (Å²) in [5.74, 6) is 0.162. The SMILES string of the molecule is COc1ccc(-n2nnnc2SCC(=O)NCC(=O)Nc2ccccc2Br)cc1. The van der Waals surface area contributed by atoms with Crippen LogP contribution in [0.15, 0.2) is 58.2 Å². The first-order chi connectivity index (χ1) is 14.1. The number of benzene rings is 2. The number of ether oxygens (including phenoxy) is 1. The fourth-order valence-electron chi connectivity index (χ4n) is 2.27. The Morgan fingerprint density at radius 1 is 1.14 bits per heavy atom. The number of para-hydroxylation sites is 1. The average molecular weight is 477 g/mol. The molecule has 11 heteroatoms. The first-order valence-corrected chi connectivity index (χ1v) is 10.2. The number of anilines is 1. The van der Waals surface area contributed by atoms with E-state index < -0.39 is 0 Å². The van der Waals surface area contributed by atoms with Crippen molar-refractivity contribution in [2.24, 2.45) is 0 Å². The Labute approximate surface area is 179 Å². The second-order valence-corrected chi connectivity index (χ2v) is 7.46. The monoisotopic (exact) mass is 476 g/mol. The first kappa shape index (κ1) is 20.8. The third kappa shape index (κ3) is 5.78. The maximum absolute atomic E-state index is 12.1. The number of hydrogen-bond acceptors (Lipinski definition) is 7. The Kier molecular flexibility index (Phi) is 7.19. The van der Waals surface area contributed by atoms with Crippen molar-refractivity contribution < 1.29 is 14.3 Å². The number of carbonyl (C=O) groups is 2. The molecule has 29 heavy (non-hydrogen) atoms. The van der Waals surface area contributed by atoms with Crippen LogP contribution in [-0.2, 0) is 9.59 Å². The number of nitrogens with zero attached hydrogens (tertiary/aromatic N) is 4. The topological polar surface area (TPSA) is 111 Å². The third-order valence-electron chi connectivity index (χ3n) is 3.68. The normalized spacial score (nSPS) is 10.4. The number of tetrazole rings is 1. The summed E-state index contributed by atoms with van der Waals surface area (Å²) in [5.41, 5.74) is 1.38. The van der Waals surface area contributed by atoms with Gasteiger partial charge in [-0.05, 0) is 62.8 Å². The van der Waals surface area contributed by atoms with Crippen LogP contribution in [0.3, 0.4) is 0 Å². The van der Waals surface area contributed by atoms with E-state index in [2.05, 4.69) is 42.1 Å². The number of methoxy groups -OCH3 is 1. The Morgan fingerprint density at radius 2 is 1.90 bits per heavy atom. The highest BCUT2D eigenvalue weighted by Gasteiger charge is 2.13. The minimum absolute atomic E-state index is 0.0683. The number of carbonyl (C=O) groups excluding carboxylic acids is 2. The van der Waals surface area contributed by atoms with E-state index in [4.69, 9.17) is 4.74 Å². The Morgan fingerprint density at radius 3 is 2.62 bits per heavy atom. The Balaban J connectivity index is 1.49. The molecule has 1 heterocycles. The van der Waals surface area contributed by atoms with Gasteiger partial charge < -0.3 is 15.4 Å². The lowest BCUT2D eigenvalue weighted by atomic mass is 10.3. The van der Waals surface area contributed by atoms with Crippen molar-refractivity contribution in [1.29, 1.82) is 0 Å². The lowest BCUT2D eigenvalue weighted by Crippen LogP contribution is -2.34. The summed E-state index contributed by atoms with van der Waals surface area (Å²) in [5, 5.41) is 17.3. The number of aromatic nitrogens is 4. The van der Waals surface area contributed by atoms with Crippen molar-refractivity contribution in [2.75, 3.05) is 24.7 Å². The average Bonchev–Trinajstić information content (AvgIpc) is 3.21. The van der Waals surface area contributed by atoms with Gasteiger partial charge in [-0.2, -0.15) is 4.68 Å². The molecule has 0 saturated carbocycles. The van der Waals surface area contributed by atoms with Gasteiger partial charge in [-0.15, -0.1) is 5.10 Å². The second-order valence-electron chi connectivity index (χ2n) is 5.66. The van der Waals surface area contributed by atoms with Gasteiger partial charge in [0.2, 0.25) is 17.0 Å². The first-order valence-electron chi connectivity index (χ1n) is 8.43. The fourth-order valence-corrected chi connectivity index (χ4v) is 3.38. The van der Waals surface area contributed by atoms with Crippen LogP contribution in [0.4, 0.5) is 5.69 Å². The lowest BCUT2D eigenvalue weighted by Gasteiger charge is -2.08. The molecule has 0 spiro atoms. The smallest absolute Gasteiger partial charge is 0.243 e. The summed E-state index contributed by atoms with van der Waals surface area (Å²) in [6, 6.07) is 14.4. The van der Waals surface area contributed by atoms with Gasteiger partial charge in [0.15, 0.2) is 0 Å². The molecular weight excluding hydrogens is 460 g/mol. The maximum atomic E-state index is 12.1. The summed E-state index contributed by atoms with van der Waals surface area (Å²) >= 11 is 4.52. The van der Waals surface area contributed by atoms with Crippen molar-refractivity contribution in [3.8, 4) is 11.4 Å². The molecule has 3 aromatic rings. The molecule has 0 aliphatic heterocycles. The predicted molar refractivity (Wildman–Crippen MR) is 112 cm³/mol. The molecule has 0 aliphatic rings. The van der Waals surface area contributed by atoms with E-state index in [1.165, 1.54) is 16.4 Å². The van der Waals surface area contributed by atoms with Gasteiger partial charge in [-0.1, -0.05) is 23.9 Å². The predicted octanol–water partition coefficient (Wildman–Crippen LogP) is 2.28. The Bertz CT molecular complexity index is 995. The molecule has 2 amide bonds. The van der Waals surface area contributed by atoms with Crippen molar-refractivity contribution in [3.63, 3.8) is 0 Å². The van der Waals surface area contributed by atoms with Crippen molar-refractivity contribution in [1.82, 2.24) is 25.5 Å². The van der Waals surface area contributed by atoms with Crippen LogP contribution in [-0.4, -0.2) is 51.4 Å². The molecule has 2 aromatic carbocycles. The van der Waals surface area contributed by atoms with E-state index in [0.29, 0.717) is 10.8 Å². The molecule has 9 nitrogen and oxygen atoms in total. The van der Waals surface area contributed by atoms with Crippen LogP contribution in [0.1, 0.15) is 0 Å². The molecule has 1 aromatic heterocycles. The molecule has 0 aliphatic carbocycles. The van der Waals surface area contributed by atoms with Gasteiger partial charge >= 0.3 is 0 Å². The van der Waals surface area contributed by atoms with Gasteiger partial charge in [0, 0.05) is 4.47 Å². The van der Waals surface area contributed by atoms with Crippen LogP contribution in [0, 0.1) is 0 Å². The fraction of sp³-hybridized carbons (Fsp3) is 0.167. The number of hydrogen-bond donors (Lipinski definition) is 2. The van der Waals surface area contributed by atoms with Crippen LogP contribution in [0.2, 0.25) is 0 Å². The van der Waals surface area contributed by atoms with Gasteiger partial charge in [0.25, 0.3) is 0 Å². The molecular formula is C18H17BrN6O3S. The van der Waals surface area contributed by atoms with Crippen LogP contribution < -0.4 is 15.4 Å². The van der Waals surface area contributed by atoms with Crippen molar-refractivity contribution in [3.05, 3.63) is 53.0 Å². The zero-order chi connectivity index (χ0) is 20.6. The molecule has 2 N–H and O–H groups in total. The van der Waals surface area contributed by atoms with Crippen molar-refractivity contribution >= 4 is 45.2 Å². The number of nitrogens with one attached hydrogen (secondary N) is 2. The quantitative estimate of drug-likeness (QED) is 0.479. The number of halogens is 1. The number of rotatable bonds is 8. The highest BCUT2D eigenvalue weighted by atomic mass is 79.9. The molecule has 0 unspecified atom stereocenters. The summed E-state index contributed by atoms with van der Waals surface area (Å²) in [4.78, 5) is 24.1. The van der Waals surface area contributed by atoms with Crippen LogP contribution >= 0.6 is 27.7 Å². The highest BCUT2D eigenvalue weighted by molar-refractivity contribution is 9.10. The maximum Gasteiger partial charge on any atom is 0.243 e. The van der Waals surface area contributed by atoms with Gasteiger partial charge in [0.1, 0.15) is 5.75 Å². The van der Waals surface area contributed by atoms with E-state index in [-0.39, 0.29) is 24.1 Å². The minimum Gasteiger partial charge on any atom is -0.497 e. The summed E-state index contributed by atoms with van der Waals surface area (Å²) in [6.45, 7) is -0.135. The molecule has 3 rings (SSSR count). The molecule has 0 saturated heterocycles. The number of amides is 2. The van der Waals surface area contributed by atoms with Gasteiger partial charge in [-0.25, -0.2) is 0 Å². The molecule has 0 radical (unpaired) electrons. The largest absolute Gasteiger partial charge is 0.497 e. The summed E-state index contributed by atoms with van der Waals surface area (Å²) in [6.07, 6.45) is 0. The Hall–Kier alpha value is -2.92. The van der Waals surface area contributed by atoms with E-state index in [1.54, 1.807) is 25.3 Å². The van der Waals surface area contributed by atoms with E-state index in [1.807, 2.05) is 30.3 Å². The zero-order valence-corrected chi connectivity index (χ0v) is 17.7. The van der Waals surface area contributed by atoms with Gasteiger partial charge in [0.05, 0.1) is 30.8 Å². The third-order valence-corrected chi connectivity index (χ3v) is 5.30. The van der Waals surface area contributed by atoms with Crippen LogP contribution in [0.25, 0.3) is 5.69 Å². The van der Waals surface area contributed by atoms with E-state index in [9.17, 15) is 9.59 Å². The highest BCUT2D eigenvalue weighted by Crippen LogP contribution is 2.21. The molecule has 0 bridgehead atoms. The number of thioether (sulfide) groups is 1. The second kappa shape index (κ2) is 10.0. The van der Waals surface area contributed by atoms with Crippen molar-refractivity contribution in [2.45, 2.75) is 5.16 Å². The van der Waals surface area contributed by atoms with E-state index >= 15 is 0 Å².